The molecule has 1 aliphatic heterocycles. The molecule has 3 heterocycles. The predicted molar refractivity (Wildman–Crippen MR) is 127 cm³/mol. The second-order valence-corrected chi connectivity index (χ2v) is 9.03. The Kier molecular flexibility index (Phi) is 5.35. The van der Waals surface area contributed by atoms with Crippen molar-refractivity contribution in [2.24, 2.45) is 0 Å². The lowest BCUT2D eigenvalue weighted by Crippen LogP contribution is -2.49. The standard InChI is InChI=1S/C25H23FN4OS/c1-16-15-22(28-21-6-4-3-5-20(16)21)29-11-13-30(14-12-29)25(31)23-17(2)27-24(32-23)18-7-9-19(26)10-8-18/h3-10,15H,11-14H2,1-2H3. The summed E-state index contributed by atoms with van der Waals surface area (Å²) in [6, 6.07) is 16.5. The second kappa shape index (κ2) is 8.31. The lowest BCUT2D eigenvalue weighted by Gasteiger charge is -2.35. The Balaban J connectivity index is 1.30. The largest absolute Gasteiger partial charge is 0.353 e. The van der Waals surface area contributed by atoms with Crippen molar-refractivity contribution in [3.8, 4) is 10.6 Å². The van der Waals surface area contributed by atoms with Gasteiger partial charge in [0.05, 0.1) is 11.2 Å². The van der Waals surface area contributed by atoms with Crippen LogP contribution in [-0.4, -0.2) is 47.0 Å². The monoisotopic (exact) mass is 446 g/mol. The first-order chi connectivity index (χ1) is 15.5. The fraction of sp³-hybridized carbons (Fsp3) is 0.240. The smallest absolute Gasteiger partial charge is 0.265 e. The molecule has 2 aromatic carbocycles. The van der Waals surface area contributed by atoms with Crippen molar-refractivity contribution >= 4 is 34.0 Å². The molecular weight excluding hydrogens is 423 g/mol. The summed E-state index contributed by atoms with van der Waals surface area (Å²) in [6.07, 6.45) is 0. The summed E-state index contributed by atoms with van der Waals surface area (Å²) >= 11 is 1.37. The highest BCUT2D eigenvalue weighted by molar-refractivity contribution is 7.17. The molecule has 0 bridgehead atoms. The van der Waals surface area contributed by atoms with Crippen LogP contribution in [0.3, 0.4) is 0 Å². The van der Waals surface area contributed by atoms with E-state index >= 15 is 0 Å². The zero-order valence-corrected chi connectivity index (χ0v) is 18.8. The molecule has 7 heteroatoms. The molecule has 32 heavy (non-hydrogen) atoms. The number of para-hydroxylation sites is 1. The number of anilines is 1. The van der Waals surface area contributed by atoms with E-state index in [1.807, 2.05) is 30.0 Å². The first kappa shape index (κ1) is 20.6. The number of hydrogen-bond donors (Lipinski definition) is 0. The van der Waals surface area contributed by atoms with Crippen LogP contribution in [0.1, 0.15) is 20.9 Å². The molecule has 1 amide bonds. The van der Waals surface area contributed by atoms with E-state index in [9.17, 15) is 9.18 Å². The summed E-state index contributed by atoms with van der Waals surface area (Å²) in [5.74, 6) is 0.684. The molecule has 0 aliphatic carbocycles. The van der Waals surface area contributed by atoms with Crippen molar-refractivity contribution in [3.63, 3.8) is 0 Å². The average Bonchev–Trinajstić information content (AvgIpc) is 3.20. The Morgan fingerprint density at radius 3 is 2.44 bits per heavy atom. The summed E-state index contributed by atoms with van der Waals surface area (Å²) in [6.45, 7) is 6.71. The van der Waals surface area contributed by atoms with Crippen LogP contribution in [0.4, 0.5) is 10.2 Å². The third-order valence-electron chi connectivity index (χ3n) is 5.88. The van der Waals surface area contributed by atoms with Crippen LogP contribution in [0, 0.1) is 19.7 Å². The molecule has 5 nitrogen and oxygen atoms in total. The Labute approximate surface area is 190 Å². The van der Waals surface area contributed by atoms with Crippen molar-refractivity contribution in [2.75, 3.05) is 31.1 Å². The van der Waals surface area contributed by atoms with Gasteiger partial charge in [0, 0.05) is 37.1 Å². The van der Waals surface area contributed by atoms with Gasteiger partial charge in [-0.25, -0.2) is 14.4 Å². The number of carbonyl (C=O) groups excluding carboxylic acids is 1. The van der Waals surface area contributed by atoms with Crippen LogP contribution in [0.2, 0.25) is 0 Å². The molecular formula is C25H23FN4OS. The molecule has 162 valence electrons. The van der Waals surface area contributed by atoms with Gasteiger partial charge in [0.2, 0.25) is 0 Å². The van der Waals surface area contributed by atoms with Crippen LogP contribution < -0.4 is 4.90 Å². The normalized spacial score (nSPS) is 14.2. The number of fused-ring (bicyclic) bond motifs is 1. The number of pyridine rings is 1. The maximum atomic E-state index is 13.2. The summed E-state index contributed by atoms with van der Waals surface area (Å²) in [7, 11) is 0. The number of carbonyl (C=O) groups is 1. The number of rotatable bonds is 3. The molecule has 1 fully saturated rings. The summed E-state index contributed by atoms with van der Waals surface area (Å²) in [5, 5.41) is 1.91. The fourth-order valence-electron chi connectivity index (χ4n) is 4.09. The number of benzene rings is 2. The molecule has 0 saturated carbocycles. The average molecular weight is 447 g/mol. The fourth-order valence-corrected chi connectivity index (χ4v) is 5.13. The molecule has 0 radical (unpaired) electrons. The Morgan fingerprint density at radius 1 is 0.969 bits per heavy atom. The molecule has 1 saturated heterocycles. The van der Waals surface area contributed by atoms with Crippen LogP contribution in [0.5, 0.6) is 0 Å². The summed E-state index contributed by atoms with van der Waals surface area (Å²) < 4.78 is 13.2. The topological polar surface area (TPSA) is 49.3 Å². The number of nitrogens with zero attached hydrogens (tertiary/aromatic N) is 4. The molecule has 0 atom stereocenters. The Morgan fingerprint density at radius 2 is 1.69 bits per heavy atom. The number of aromatic nitrogens is 2. The highest BCUT2D eigenvalue weighted by atomic mass is 32.1. The van der Waals surface area contributed by atoms with E-state index < -0.39 is 0 Å². The van der Waals surface area contributed by atoms with Gasteiger partial charge in [0.15, 0.2) is 0 Å². The van der Waals surface area contributed by atoms with Crippen molar-refractivity contribution in [3.05, 3.63) is 76.5 Å². The van der Waals surface area contributed by atoms with E-state index in [1.54, 1.807) is 12.1 Å². The number of hydrogen-bond acceptors (Lipinski definition) is 5. The SMILES string of the molecule is Cc1nc(-c2ccc(F)cc2)sc1C(=O)N1CCN(c2cc(C)c3ccccc3n2)CC1. The molecule has 0 unspecified atom stereocenters. The van der Waals surface area contributed by atoms with Crippen molar-refractivity contribution in [1.82, 2.24) is 14.9 Å². The van der Waals surface area contributed by atoms with Crippen LogP contribution in [-0.2, 0) is 0 Å². The third-order valence-corrected chi connectivity index (χ3v) is 7.08. The number of aryl methyl sites for hydroxylation is 2. The lowest BCUT2D eigenvalue weighted by atomic mass is 10.1. The van der Waals surface area contributed by atoms with Gasteiger partial charge in [0.25, 0.3) is 5.91 Å². The van der Waals surface area contributed by atoms with Crippen LogP contribution in [0.15, 0.2) is 54.6 Å². The van der Waals surface area contributed by atoms with Gasteiger partial charge in [-0.05, 0) is 55.8 Å². The minimum absolute atomic E-state index is 0.00987. The van der Waals surface area contributed by atoms with E-state index in [-0.39, 0.29) is 11.7 Å². The van der Waals surface area contributed by atoms with Gasteiger partial charge in [-0.2, -0.15) is 0 Å². The number of thiazole rings is 1. The van der Waals surface area contributed by atoms with Crippen LogP contribution in [0.25, 0.3) is 21.5 Å². The number of halogens is 1. The molecule has 0 N–H and O–H groups in total. The van der Waals surface area contributed by atoms with E-state index in [0.717, 1.165) is 35.0 Å². The first-order valence-corrected chi connectivity index (χ1v) is 11.5. The Bertz CT molecular complexity index is 1290. The van der Waals surface area contributed by atoms with Gasteiger partial charge in [-0.15, -0.1) is 11.3 Å². The maximum absolute atomic E-state index is 13.2. The van der Waals surface area contributed by atoms with Gasteiger partial charge in [-0.3, -0.25) is 4.79 Å². The van der Waals surface area contributed by atoms with Crippen LogP contribution >= 0.6 is 11.3 Å². The zero-order chi connectivity index (χ0) is 22.2. The van der Waals surface area contributed by atoms with E-state index in [1.165, 1.54) is 34.4 Å². The second-order valence-electron chi connectivity index (χ2n) is 8.03. The third kappa shape index (κ3) is 3.84. The molecule has 1 aliphatic rings. The minimum atomic E-state index is -0.285. The van der Waals surface area contributed by atoms with Gasteiger partial charge >= 0.3 is 0 Å². The summed E-state index contributed by atoms with van der Waals surface area (Å²) in [5.41, 5.74) is 3.74. The Hall–Kier alpha value is -3.32. The van der Waals surface area contributed by atoms with Gasteiger partial charge in [-0.1, -0.05) is 18.2 Å². The summed E-state index contributed by atoms with van der Waals surface area (Å²) in [4.78, 5) is 27.4. The molecule has 0 spiro atoms. The van der Waals surface area contributed by atoms with Gasteiger partial charge < -0.3 is 9.80 Å². The van der Waals surface area contributed by atoms with E-state index in [2.05, 4.69) is 28.9 Å². The predicted octanol–water partition coefficient (Wildman–Crippen LogP) is 5.08. The van der Waals surface area contributed by atoms with Gasteiger partial charge in [0.1, 0.15) is 21.5 Å². The zero-order valence-electron chi connectivity index (χ0n) is 18.0. The molecule has 2 aromatic heterocycles. The van der Waals surface area contributed by atoms with E-state index in [4.69, 9.17) is 4.98 Å². The quantitative estimate of drug-likeness (QED) is 0.441. The highest BCUT2D eigenvalue weighted by Crippen LogP contribution is 2.30. The molecule has 4 aromatic rings. The number of piperazine rings is 1. The minimum Gasteiger partial charge on any atom is -0.353 e. The van der Waals surface area contributed by atoms with E-state index in [0.29, 0.717) is 23.7 Å². The van der Waals surface area contributed by atoms with Crippen molar-refractivity contribution in [1.29, 1.82) is 0 Å². The number of amides is 1. The highest BCUT2D eigenvalue weighted by Gasteiger charge is 2.26. The lowest BCUT2D eigenvalue weighted by molar-refractivity contribution is 0.0750. The molecule has 5 rings (SSSR count). The maximum Gasteiger partial charge on any atom is 0.265 e. The van der Waals surface area contributed by atoms with Crippen molar-refractivity contribution < 1.29 is 9.18 Å². The van der Waals surface area contributed by atoms with Crippen molar-refractivity contribution in [2.45, 2.75) is 13.8 Å². The first-order valence-electron chi connectivity index (χ1n) is 10.6.